The van der Waals surface area contributed by atoms with Crippen molar-refractivity contribution in [3.63, 3.8) is 0 Å². The Balaban J connectivity index is 2.42. The van der Waals surface area contributed by atoms with Crippen LogP contribution in [0.4, 0.5) is 0 Å². The maximum absolute atomic E-state index is 8.99. The lowest BCUT2D eigenvalue weighted by Crippen LogP contribution is -1.92. The molecule has 2 heteroatoms. The van der Waals surface area contributed by atoms with Gasteiger partial charge in [0.1, 0.15) is 0 Å². The summed E-state index contributed by atoms with van der Waals surface area (Å²) in [5.74, 6) is 0. The third-order valence-electron chi connectivity index (χ3n) is 2.78. The summed E-state index contributed by atoms with van der Waals surface area (Å²) in [7, 11) is 0. The Labute approximate surface area is 107 Å². The van der Waals surface area contributed by atoms with Crippen LogP contribution in [0.15, 0.2) is 42.5 Å². The van der Waals surface area contributed by atoms with E-state index in [-0.39, 0.29) is 6.61 Å². The number of hydrogen-bond donors (Lipinski definition) is 1. The van der Waals surface area contributed by atoms with Crippen molar-refractivity contribution < 1.29 is 5.11 Å². The molecule has 1 nitrogen and oxygen atoms in total. The Morgan fingerprint density at radius 1 is 1.06 bits per heavy atom. The highest BCUT2D eigenvalue weighted by atomic mass is 35.5. The van der Waals surface area contributed by atoms with E-state index in [1.165, 1.54) is 11.1 Å². The molecule has 17 heavy (non-hydrogen) atoms. The summed E-state index contributed by atoms with van der Waals surface area (Å²) in [5.41, 5.74) is 4.55. The minimum Gasteiger partial charge on any atom is -0.396 e. The molecular formula is C15H15ClO. The first-order valence-corrected chi connectivity index (χ1v) is 6.05. The van der Waals surface area contributed by atoms with E-state index < -0.39 is 0 Å². The van der Waals surface area contributed by atoms with Gasteiger partial charge in [0.25, 0.3) is 0 Å². The molecule has 0 saturated carbocycles. The quantitative estimate of drug-likeness (QED) is 0.872. The standard InChI is InChI=1S/C15H15ClO/c1-11-3-2-4-12(9-11)13-5-6-15(16)14(10-13)7-8-17/h2-6,9-10,17H,7-8H2,1H3. The normalized spacial score (nSPS) is 10.5. The second-order valence-corrected chi connectivity index (χ2v) is 4.56. The molecule has 2 aromatic rings. The number of aryl methyl sites for hydroxylation is 1. The molecule has 0 unspecified atom stereocenters. The van der Waals surface area contributed by atoms with Crippen LogP contribution in [0.2, 0.25) is 5.02 Å². The first-order chi connectivity index (χ1) is 8.20. The molecule has 0 aliphatic rings. The largest absolute Gasteiger partial charge is 0.396 e. The number of aliphatic hydroxyl groups is 1. The molecule has 0 amide bonds. The van der Waals surface area contributed by atoms with Crippen molar-refractivity contribution in [1.82, 2.24) is 0 Å². The van der Waals surface area contributed by atoms with Crippen LogP contribution >= 0.6 is 11.6 Å². The van der Waals surface area contributed by atoms with Gasteiger partial charge in [-0.2, -0.15) is 0 Å². The highest BCUT2D eigenvalue weighted by Gasteiger charge is 2.03. The van der Waals surface area contributed by atoms with Gasteiger partial charge in [0, 0.05) is 11.6 Å². The van der Waals surface area contributed by atoms with Gasteiger partial charge in [0.15, 0.2) is 0 Å². The van der Waals surface area contributed by atoms with Crippen LogP contribution in [0, 0.1) is 6.92 Å². The molecule has 2 aromatic carbocycles. The third kappa shape index (κ3) is 2.87. The minimum absolute atomic E-state index is 0.122. The monoisotopic (exact) mass is 246 g/mol. The molecule has 0 spiro atoms. The van der Waals surface area contributed by atoms with Crippen LogP contribution in [0.3, 0.4) is 0 Å². The van der Waals surface area contributed by atoms with Gasteiger partial charge in [-0.3, -0.25) is 0 Å². The van der Waals surface area contributed by atoms with E-state index >= 15 is 0 Å². The van der Waals surface area contributed by atoms with Gasteiger partial charge in [-0.05, 0) is 42.2 Å². The molecule has 1 N–H and O–H groups in total. The SMILES string of the molecule is Cc1cccc(-c2ccc(Cl)c(CCO)c2)c1. The summed E-state index contributed by atoms with van der Waals surface area (Å²) < 4.78 is 0. The molecule has 0 aliphatic carbocycles. The van der Waals surface area contributed by atoms with E-state index in [2.05, 4.69) is 25.1 Å². The topological polar surface area (TPSA) is 20.2 Å². The van der Waals surface area contributed by atoms with E-state index in [0.29, 0.717) is 6.42 Å². The molecule has 0 aromatic heterocycles. The van der Waals surface area contributed by atoms with Gasteiger partial charge in [-0.15, -0.1) is 0 Å². The minimum atomic E-state index is 0.122. The number of hydrogen-bond acceptors (Lipinski definition) is 1. The Bertz CT molecular complexity index is 520. The fraction of sp³-hybridized carbons (Fsp3) is 0.200. The summed E-state index contributed by atoms with van der Waals surface area (Å²) in [6.07, 6.45) is 0.596. The van der Waals surface area contributed by atoms with Gasteiger partial charge in [-0.1, -0.05) is 47.5 Å². The zero-order chi connectivity index (χ0) is 12.3. The lowest BCUT2D eigenvalue weighted by molar-refractivity contribution is 0.299. The summed E-state index contributed by atoms with van der Waals surface area (Å²) in [4.78, 5) is 0. The molecule has 0 bridgehead atoms. The summed E-state index contributed by atoms with van der Waals surface area (Å²) >= 11 is 6.08. The number of aliphatic hydroxyl groups excluding tert-OH is 1. The highest BCUT2D eigenvalue weighted by Crippen LogP contribution is 2.26. The molecule has 88 valence electrons. The number of benzene rings is 2. The van der Waals surface area contributed by atoms with E-state index in [4.69, 9.17) is 16.7 Å². The lowest BCUT2D eigenvalue weighted by atomic mass is 10.0. The third-order valence-corrected chi connectivity index (χ3v) is 3.15. The zero-order valence-electron chi connectivity index (χ0n) is 9.78. The second-order valence-electron chi connectivity index (χ2n) is 4.15. The highest BCUT2D eigenvalue weighted by molar-refractivity contribution is 6.31. The van der Waals surface area contributed by atoms with Crippen LogP contribution in [-0.4, -0.2) is 11.7 Å². The van der Waals surface area contributed by atoms with Crippen molar-refractivity contribution in [2.24, 2.45) is 0 Å². The van der Waals surface area contributed by atoms with Gasteiger partial charge in [0.05, 0.1) is 0 Å². The summed E-state index contributed by atoms with van der Waals surface area (Å²) in [6.45, 7) is 2.20. The van der Waals surface area contributed by atoms with Gasteiger partial charge in [0.2, 0.25) is 0 Å². The van der Waals surface area contributed by atoms with Gasteiger partial charge in [-0.25, -0.2) is 0 Å². The van der Waals surface area contributed by atoms with E-state index in [1.54, 1.807) is 0 Å². The molecule has 0 heterocycles. The predicted octanol–water partition coefficient (Wildman–Crippen LogP) is 3.85. The van der Waals surface area contributed by atoms with E-state index in [1.807, 2.05) is 24.3 Å². The van der Waals surface area contributed by atoms with Crippen molar-refractivity contribution in [3.05, 3.63) is 58.6 Å². The first-order valence-electron chi connectivity index (χ1n) is 5.67. The lowest BCUT2D eigenvalue weighted by Gasteiger charge is -2.07. The van der Waals surface area contributed by atoms with Gasteiger partial charge < -0.3 is 5.11 Å². The maximum Gasteiger partial charge on any atom is 0.0471 e. The summed E-state index contributed by atoms with van der Waals surface area (Å²) in [5, 5.41) is 9.71. The van der Waals surface area contributed by atoms with Crippen molar-refractivity contribution in [2.45, 2.75) is 13.3 Å². The van der Waals surface area contributed by atoms with Gasteiger partial charge >= 0.3 is 0 Å². The summed E-state index contributed by atoms with van der Waals surface area (Å²) in [6, 6.07) is 14.3. The van der Waals surface area contributed by atoms with E-state index in [0.717, 1.165) is 16.1 Å². The molecular weight excluding hydrogens is 232 g/mol. The Kier molecular flexibility index (Phi) is 3.82. The van der Waals surface area contributed by atoms with Crippen molar-refractivity contribution in [2.75, 3.05) is 6.61 Å². The maximum atomic E-state index is 8.99. The molecule has 0 aliphatic heterocycles. The number of rotatable bonds is 3. The average molecular weight is 247 g/mol. The van der Waals surface area contributed by atoms with Crippen molar-refractivity contribution in [3.8, 4) is 11.1 Å². The van der Waals surface area contributed by atoms with Crippen LogP contribution in [0.5, 0.6) is 0 Å². The Morgan fingerprint density at radius 2 is 1.82 bits per heavy atom. The first kappa shape index (κ1) is 12.2. The number of halogens is 1. The average Bonchev–Trinajstić information content (AvgIpc) is 2.32. The molecule has 0 radical (unpaired) electrons. The second kappa shape index (κ2) is 5.35. The predicted molar refractivity (Wildman–Crippen MR) is 72.4 cm³/mol. The van der Waals surface area contributed by atoms with Crippen LogP contribution < -0.4 is 0 Å². The molecule has 0 fully saturated rings. The Hall–Kier alpha value is -1.31. The molecule has 0 atom stereocenters. The fourth-order valence-electron chi connectivity index (χ4n) is 1.89. The van der Waals surface area contributed by atoms with Crippen molar-refractivity contribution in [1.29, 1.82) is 0 Å². The van der Waals surface area contributed by atoms with E-state index in [9.17, 15) is 0 Å². The van der Waals surface area contributed by atoms with Crippen LogP contribution in [-0.2, 0) is 6.42 Å². The smallest absolute Gasteiger partial charge is 0.0471 e. The molecule has 0 saturated heterocycles. The Morgan fingerprint density at radius 3 is 2.53 bits per heavy atom. The zero-order valence-corrected chi connectivity index (χ0v) is 10.5. The van der Waals surface area contributed by atoms with Crippen LogP contribution in [0.1, 0.15) is 11.1 Å². The van der Waals surface area contributed by atoms with Crippen LogP contribution in [0.25, 0.3) is 11.1 Å². The van der Waals surface area contributed by atoms with Crippen molar-refractivity contribution >= 4 is 11.6 Å². The molecule has 2 rings (SSSR count). The fourth-order valence-corrected chi connectivity index (χ4v) is 2.10.